The minimum Gasteiger partial charge on any atom is -0.490 e. The molecule has 1 N–H and O–H groups in total. The summed E-state index contributed by atoms with van der Waals surface area (Å²) >= 11 is 0. The zero-order chi connectivity index (χ0) is 20.1. The first-order valence-corrected chi connectivity index (χ1v) is 9.83. The number of aliphatic carboxylic acids is 1. The summed E-state index contributed by atoms with van der Waals surface area (Å²) < 4.78 is 37.8. The van der Waals surface area contributed by atoms with Crippen molar-refractivity contribution in [3.05, 3.63) is 30.3 Å². The van der Waals surface area contributed by atoms with Gasteiger partial charge >= 0.3 is 12.1 Å². The molecule has 2 aliphatic heterocycles. The van der Waals surface area contributed by atoms with Crippen LogP contribution in [-0.4, -0.2) is 71.4 Å². The van der Waals surface area contributed by atoms with Gasteiger partial charge in [0, 0.05) is 38.3 Å². The average molecular weight is 400 g/mol. The Kier molecular flexibility index (Phi) is 6.82. The normalized spacial score (nSPS) is 26.0. The molecule has 0 aromatic heterocycles. The molecule has 5 nitrogen and oxygen atoms in total. The van der Waals surface area contributed by atoms with E-state index >= 15 is 0 Å². The molecule has 0 bridgehead atoms. The third-order valence-corrected chi connectivity index (χ3v) is 5.59. The molecule has 0 amide bonds. The number of para-hydroxylation sites is 1. The molecule has 0 radical (unpaired) electrons. The molecular weight excluding hydrogens is 373 g/mol. The summed E-state index contributed by atoms with van der Waals surface area (Å²) in [6.45, 7) is 5.04. The summed E-state index contributed by atoms with van der Waals surface area (Å²) in [6.07, 6.45) is 2.02. The number of carboxylic acid groups (broad SMARTS) is 1. The highest BCUT2D eigenvalue weighted by Crippen LogP contribution is 2.34. The quantitative estimate of drug-likeness (QED) is 0.768. The predicted molar refractivity (Wildman–Crippen MR) is 98.4 cm³/mol. The molecule has 2 atom stereocenters. The van der Waals surface area contributed by atoms with Crippen LogP contribution in [0, 0.1) is 0 Å². The number of piperidine rings is 1. The first-order chi connectivity index (χ1) is 13.3. The minimum absolute atomic E-state index is 0.408. The summed E-state index contributed by atoms with van der Waals surface area (Å²) in [5.74, 6) is -1.73. The Morgan fingerprint density at radius 1 is 1.11 bits per heavy atom. The van der Waals surface area contributed by atoms with E-state index in [0.29, 0.717) is 6.10 Å². The van der Waals surface area contributed by atoms with Crippen LogP contribution in [0.15, 0.2) is 30.3 Å². The number of halogens is 3. The molecule has 2 unspecified atom stereocenters. The van der Waals surface area contributed by atoms with Gasteiger partial charge in [0.05, 0.1) is 0 Å². The number of alkyl halides is 3. The van der Waals surface area contributed by atoms with Gasteiger partial charge in [-0.2, -0.15) is 13.2 Å². The number of benzene rings is 1. The lowest BCUT2D eigenvalue weighted by Crippen LogP contribution is -2.41. The lowest BCUT2D eigenvalue weighted by atomic mass is 9.93. The Hall–Kier alpha value is -1.80. The molecule has 1 aromatic rings. The van der Waals surface area contributed by atoms with Crippen LogP contribution in [0.4, 0.5) is 13.2 Å². The zero-order valence-electron chi connectivity index (χ0n) is 15.8. The minimum atomic E-state index is -5.08. The average Bonchev–Trinajstić information content (AvgIpc) is 3.34. The van der Waals surface area contributed by atoms with Crippen molar-refractivity contribution < 1.29 is 27.8 Å². The van der Waals surface area contributed by atoms with Crippen molar-refractivity contribution >= 4 is 5.97 Å². The van der Waals surface area contributed by atoms with Crippen molar-refractivity contribution in [3.63, 3.8) is 0 Å². The number of nitrogens with zero attached hydrogens (tertiary/aromatic N) is 2. The molecule has 156 valence electrons. The van der Waals surface area contributed by atoms with E-state index in [2.05, 4.69) is 21.9 Å². The SMILES string of the molecule is O=C(O)C(F)(F)F.c1ccc(OC2CCN(CC3CN3C3CCC3)CC2)cc1. The zero-order valence-corrected chi connectivity index (χ0v) is 15.8. The van der Waals surface area contributed by atoms with Crippen molar-refractivity contribution in [3.8, 4) is 5.75 Å². The lowest BCUT2D eigenvalue weighted by Gasteiger charge is -2.33. The van der Waals surface area contributed by atoms with Crippen molar-refractivity contribution in [2.75, 3.05) is 26.2 Å². The van der Waals surface area contributed by atoms with Gasteiger partial charge in [-0.25, -0.2) is 4.79 Å². The second-order valence-corrected chi connectivity index (χ2v) is 7.67. The Labute approximate surface area is 163 Å². The standard InChI is InChI=1S/C18H26N2O.C2HF3O2/c1-2-7-17(8-3-1)21-18-9-11-19(12-10-18)13-16-14-20(16)15-5-4-6-15;3-2(4,5)1(6)7/h1-3,7-8,15-16,18H,4-6,9-14H2;(H,6,7). The number of ether oxygens (including phenoxy) is 1. The highest BCUT2D eigenvalue weighted by Gasteiger charge is 2.42. The molecule has 1 aromatic carbocycles. The van der Waals surface area contributed by atoms with E-state index in [-0.39, 0.29) is 0 Å². The van der Waals surface area contributed by atoms with Crippen LogP contribution in [0.3, 0.4) is 0 Å². The van der Waals surface area contributed by atoms with Crippen LogP contribution in [0.5, 0.6) is 5.75 Å². The summed E-state index contributed by atoms with van der Waals surface area (Å²) in [4.78, 5) is 14.3. The van der Waals surface area contributed by atoms with Crippen LogP contribution >= 0.6 is 0 Å². The molecule has 3 fully saturated rings. The number of likely N-dealkylation sites (tertiary alicyclic amines) is 1. The number of hydrogen-bond acceptors (Lipinski definition) is 4. The van der Waals surface area contributed by atoms with Crippen LogP contribution in [0.1, 0.15) is 32.1 Å². The van der Waals surface area contributed by atoms with Crippen LogP contribution < -0.4 is 4.74 Å². The summed E-state index contributed by atoms with van der Waals surface area (Å²) in [7, 11) is 0. The van der Waals surface area contributed by atoms with Gasteiger partial charge in [0.15, 0.2) is 0 Å². The van der Waals surface area contributed by atoms with Crippen molar-refractivity contribution in [2.45, 2.75) is 56.5 Å². The highest BCUT2D eigenvalue weighted by molar-refractivity contribution is 5.73. The van der Waals surface area contributed by atoms with E-state index in [1.165, 1.54) is 58.3 Å². The predicted octanol–water partition coefficient (Wildman–Crippen LogP) is 3.40. The Morgan fingerprint density at radius 2 is 1.71 bits per heavy atom. The number of rotatable bonds is 5. The van der Waals surface area contributed by atoms with Gasteiger partial charge in [-0.3, -0.25) is 4.90 Å². The molecule has 4 rings (SSSR count). The molecule has 1 aliphatic carbocycles. The molecule has 8 heteroatoms. The smallest absolute Gasteiger partial charge is 0.490 e. The summed E-state index contributed by atoms with van der Waals surface area (Å²) in [6, 6.07) is 12.1. The Morgan fingerprint density at radius 3 is 2.21 bits per heavy atom. The van der Waals surface area contributed by atoms with E-state index in [4.69, 9.17) is 14.6 Å². The van der Waals surface area contributed by atoms with E-state index in [1.807, 2.05) is 18.2 Å². The van der Waals surface area contributed by atoms with Crippen LogP contribution in [0.25, 0.3) is 0 Å². The van der Waals surface area contributed by atoms with E-state index < -0.39 is 12.1 Å². The van der Waals surface area contributed by atoms with E-state index in [0.717, 1.165) is 17.8 Å². The van der Waals surface area contributed by atoms with Crippen molar-refractivity contribution in [2.24, 2.45) is 0 Å². The Bertz CT molecular complexity index is 629. The van der Waals surface area contributed by atoms with Gasteiger partial charge in [0.1, 0.15) is 11.9 Å². The van der Waals surface area contributed by atoms with Gasteiger partial charge in [-0.15, -0.1) is 0 Å². The van der Waals surface area contributed by atoms with Crippen molar-refractivity contribution in [1.29, 1.82) is 0 Å². The maximum absolute atomic E-state index is 10.6. The third kappa shape index (κ3) is 6.10. The third-order valence-electron chi connectivity index (χ3n) is 5.59. The molecule has 1 saturated carbocycles. The van der Waals surface area contributed by atoms with Crippen LogP contribution in [-0.2, 0) is 4.79 Å². The van der Waals surface area contributed by atoms with Crippen LogP contribution in [0.2, 0.25) is 0 Å². The molecule has 28 heavy (non-hydrogen) atoms. The van der Waals surface area contributed by atoms with Gasteiger partial charge in [-0.05, 0) is 37.8 Å². The van der Waals surface area contributed by atoms with E-state index in [1.54, 1.807) is 0 Å². The lowest BCUT2D eigenvalue weighted by molar-refractivity contribution is -0.192. The number of carbonyl (C=O) groups is 1. The Balaban J connectivity index is 0.000000279. The fourth-order valence-electron chi connectivity index (χ4n) is 3.72. The fourth-order valence-corrected chi connectivity index (χ4v) is 3.72. The van der Waals surface area contributed by atoms with Gasteiger partial charge in [-0.1, -0.05) is 24.6 Å². The topological polar surface area (TPSA) is 52.8 Å². The van der Waals surface area contributed by atoms with Gasteiger partial charge in [0.2, 0.25) is 0 Å². The molecule has 2 saturated heterocycles. The largest absolute Gasteiger partial charge is 0.490 e. The fraction of sp³-hybridized carbons (Fsp3) is 0.650. The molecule has 3 aliphatic rings. The first-order valence-electron chi connectivity index (χ1n) is 9.83. The second-order valence-electron chi connectivity index (χ2n) is 7.67. The first kappa shape index (κ1) is 20.9. The maximum atomic E-state index is 10.6. The monoisotopic (exact) mass is 400 g/mol. The number of hydrogen-bond donors (Lipinski definition) is 1. The van der Waals surface area contributed by atoms with E-state index in [9.17, 15) is 13.2 Å². The van der Waals surface area contributed by atoms with Gasteiger partial charge in [0.25, 0.3) is 0 Å². The van der Waals surface area contributed by atoms with Gasteiger partial charge < -0.3 is 14.7 Å². The molecular formula is C20H27F3N2O3. The number of carboxylic acids is 1. The summed E-state index contributed by atoms with van der Waals surface area (Å²) in [5, 5.41) is 7.12. The van der Waals surface area contributed by atoms with Crippen molar-refractivity contribution in [1.82, 2.24) is 9.80 Å². The molecule has 0 spiro atoms. The summed E-state index contributed by atoms with van der Waals surface area (Å²) in [5.41, 5.74) is 0. The maximum Gasteiger partial charge on any atom is 0.490 e. The second kappa shape index (κ2) is 9.13. The highest BCUT2D eigenvalue weighted by atomic mass is 19.4. The molecule has 2 heterocycles.